The molecular formula is C27H21N7Na2O7S2. The normalized spacial score (nSPS) is 11.7. The van der Waals surface area contributed by atoms with Gasteiger partial charge in [-0.3, -0.25) is 9.48 Å². The van der Waals surface area contributed by atoms with Crippen LogP contribution in [0, 0.1) is 13.5 Å². The standard InChI is InChI=1S/C27H23N7O7S2.2Na/c1-16-26(31-32-27-22(28-2)15-29-33(27)3)21-6-4-5-7-23(21)34(16)11-10-25(35)30-18-8-9-20-17(12-18)13-19(42(36,37)38)14-24(20)43(39,40)41;;/h4-9,12-15H,10-11H2,1,3H3,(H,30,35)(H,36,37,38)(H,39,40,41);;/q;2*+1/p-2. The molecule has 0 aliphatic rings. The molecule has 0 fully saturated rings. The molecule has 0 saturated carbocycles. The molecule has 0 atom stereocenters. The summed E-state index contributed by atoms with van der Waals surface area (Å²) in [7, 11) is -8.52. The minimum atomic E-state index is -5.11. The van der Waals surface area contributed by atoms with E-state index in [9.17, 15) is 30.7 Å². The summed E-state index contributed by atoms with van der Waals surface area (Å²) in [6.45, 7) is 9.37. The number of hydrogen-bond acceptors (Lipinski definition) is 10. The fourth-order valence-electron chi connectivity index (χ4n) is 4.71. The van der Waals surface area contributed by atoms with Crippen molar-refractivity contribution >= 4 is 70.7 Å². The number of nitrogens with zero attached hydrogens (tertiary/aromatic N) is 6. The Morgan fingerprint density at radius 3 is 2.38 bits per heavy atom. The molecule has 3 aromatic carbocycles. The Bertz CT molecular complexity index is 2240. The number of aromatic nitrogens is 3. The van der Waals surface area contributed by atoms with E-state index in [1.165, 1.54) is 29.1 Å². The van der Waals surface area contributed by atoms with Crippen LogP contribution in [-0.4, -0.2) is 46.2 Å². The molecule has 220 valence electrons. The second kappa shape index (κ2) is 14.2. The molecule has 45 heavy (non-hydrogen) atoms. The monoisotopic (exact) mass is 665 g/mol. The van der Waals surface area contributed by atoms with Crippen molar-refractivity contribution < 1.29 is 89.9 Å². The molecule has 14 nitrogen and oxygen atoms in total. The first kappa shape index (κ1) is 36.5. The van der Waals surface area contributed by atoms with Crippen LogP contribution in [0.25, 0.3) is 26.5 Å². The van der Waals surface area contributed by atoms with Crippen LogP contribution < -0.4 is 64.4 Å². The Kier molecular flexibility index (Phi) is 11.5. The number of anilines is 1. The van der Waals surface area contributed by atoms with Crippen molar-refractivity contribution in [1.82, 2.24) is 14.3 Å². The zero-order valence-corrected chi connectivity index (χ0v) is 30.2. The number of nitrogens with one attached hydrogen (secondary N) is 1. The second-order valence-corrected chi connectivity index (χ2v) is 12.2. The number of amides is 1. The van der Waals surface area contributed by atoms with Gasteiger partial charge in [-0.25, -0.2) is 21.7 Å². The van der Waals surface area contributed by atoms with Gasteiger partial charge >= 0.3 is 59.1 Å². The third kappa shape index (κ3) is 7.72. The van der Waals surface area contributed by atoms with Crippen molar-refractivity contribution in [2.24, 2.45) is 17.3 Å². The van der Waals surface area contributed by atoms with Crippen LogP contribution in [0.5, 0.6) is 0 Å². The van der Waals surface area contributed by atoms with Gasteiger partial charge in [-0.05, 0) is 48.0 Å². The molecule has 2 heterocycles. The van der Waals surface area contributed by atoms with Gasteiger partial charge in [0.15, 0.2) is 5.82 Å². The molecular weight excluding hydrogens is 644 g/mol. The van der Waals surface area contributed by atoms with Crippen LogP contribution in [0.15, 0.2) is 80.8 Å². The maximum Gasteiger partial charge on any atom is 1.00 e. The molecule has 2 aromatic heterocycles. The summed E-state index contributed by atoms with van der Waals surface area (Å²) in [4.78, 5) is 14.6. The minimum absolute atomic E-state index is 0. The molecule has 1 N–H and O–H groups in total. The first-order valence-corrected chi connectivity index (χ1v) is 15.3. The predicted octanol–water partition coefficient (Wildman–Crippen LogP) is -1.35. The fraction of sp³-hybridized carbons (Fsp3) is 0.148. The van der Waals surface area contributed by atoms with E-state index in [2.05, 4.69) is 25.5 Å². The number of para-hydroxylation sites is 1. The number of fused-ring (bicyclic) bond motifs is 2. The summed E-state index contributed by atoms with van der Waals surface area (Å²) >= 11 is 0. The van der Waals surface area contributed by atoms with E-state index in [0.717, 1.165) is 22.7 Å². The molecule has 0 unspecified atom stereocenters. The number of carbonyl (C=O) groups excluding carboxylic acids is 1. The fourth-order valence-corrected chi connectivity index (χ4v) is 6.05. The molecule has 5 rings (SSSR count). The van der Waals surface area contributed by atoms with E-state index in [4.69, 9.17) is 6.57 Å². The maximum atomic E-state index is 12.9. The van der Waals surface area contributed by atoms with Crippen LogP contribution in [-0.2, 0) is 38.6 Å². The number of hydrogen-bond donors (Lipinski definition) is 1. The molecule has 0 saturated heterocycles. The number of rotatable bonds is 8. The van der Waals surface area contributed by atoms with Crippen molar-refractivity contribution in [3.05, 3.63) is 77.9 Å². The molecule has 18 heteroatoms. The molecule has 0 spiro atoms. The van der Waals surface area contributed by atoms with E-state index < -0.39 is 35.9 Å². The average Bonchev–Trinajstić information content (AvgIpc) is 3.44. The van der Waals surface area contributed by atoms with Gasteiger partial charge in [-0.1, -0.05) is 24.3 Å². The molecule has 0 aliphatic heterocycles. The van der Waals surface area contributed by atoms with E-state index in [-0.39, 0.29) is 94.2 Å². The van der Waals surface area contributed by atoms with Crippen LogP contribution in [0.2, 0.25) is 0 Å². The third-order valence-corrected chi connectivity index (χ3v) is 8.43. The molecule has 1 amide bonds. The van der Waals surface area contributed by atoms with Gasteiger partial charge in [0.25, 0.3) is 5.69 Å². The summed E-state index contributed by atoms with van der Waals surface area (Å²) in [5, 5.41) is 16.0. The van der Waals surface area contributed by atoms with Crippen molar-refractivity contribution in [3.63, 3.8) is 0 Å². The minimum Gasteiger partial charge on any atom is -0.744 e. The van der Waals surface area contributed by atoms with Gasteiger partial charge in [-0.2, -0.15) is 5.10 Å². The zero-order chi connectivity index (χ0) is 31.1. The second-order valence-electron chi connectivity index (χ2n) is 9.46. The van der Waals surface area contributed by atoms with E-state index in [0.29, 0.717) is 17.6 Å². The van der Waals surface area contributed by atoms with Gasteiger partial charge < -0.3 is 19.0 Å². The van der Waals surface area contributed by atoms with E-state index >= 15 is 0 Å². The average molecular weight is 666 g/mol. The number of azo groups is 1. The van der Waals surface area contributed by atoms with E-state index in [1.54, 1.807) is 7.05 Å². The Hall–Kier alpha value is -2.95. The van der Waals surface area contributed by atoms with Crippen LogP contribution in [0.4, 0.5) is 22.9 Å². The number of aryl methyl sites for hydroxylation is 2. The number of benzene rings is 3. The quantitative estimate of drug-likeness (QED) is 0.0909. The van der Waals surface area contributed by atoms with Gasteiger partial charge in [0.1, 0.15) is 25.9 Å². The summed E-state index contributed by atoms with van der Waals surface area (Å²) in [5.74, 6) is -0.110. The molecule has 0 radical (unpaired) electrons. The summed E-state index contributed by atoms with van der Waals surface area (Å²) in [6, 6.07) is 12.8. The van der Waals surface area contributed by atoms with Crippen LogP contribution in [0.3, 0.4) is 0 Å². The smallest absolute Gasteiger partial charge is 0.744 e. The molecule has 5 aromatic rings. The van der Waals surface area contributed by atoms with Crippen molar-refractivity contribution in [2.75, 3.05) is 5.32 Å². The van der Waals surface area contributed by atoms with Crippen LogP contribution in [0.1, 0.15) is 12.1 Å². The summed E-state index contributed by atoms with van der Waals surface area (Å²) in [5.41, 5.74) is 2.56. The van der Waals surface area contributed by atoms with Gasteiger partial charge in [-0.15, -0.1) is 10.2 Å². The molecule has 0 bridgehead atoms. The Balaban J connectivity index is 0.00000276. The summed E-state index contributed by atoms with van der Waals surface area (Å²) < 4.78 is 73.2. The Morgan fingerprint density at radius 2 is 1.71 bits per heavy atom. The first-order valence-electron chi connectivity index (χ1n) is 12.5. The zero-order valence-electron chi connectivity index (χ0n) is 24.5. The van der Waals surface area contributed by atoms with Gasteiger partial charge in [0.2, 0.25) is 5.91 Å². The third-order valence-electron chi connectivity index (χ3n) is 6.74. The van der Waals surface area contributed by atoms with E-state index in [1.807, 2.05) is 35.8 Å². The van der Waals surface area contributed by atoms with Crippen molar-refractivity contribution in [2.45, 2.75) is 29.7 Å². The number of carbonyl (C=O) groups is 1. The summed E-state index contributed by atoms with van der Waals surface area (Å²) in [6.07, 6.45) is 1.41. The van der Waals surface area contributed by atoms with Gasteiger partial charge in [0, 0.05) is 36.8 Å². The first-order chi connectivity index (χ1) is 20.3. The maximum absolute atomic E-state index is 12.9. The predicted molar refractivity (Wildman–Crippen MR) is 153 cm³/mol. The topological polar surface area (TPSA) is 195 Å². The SMILES string of the molecule is [C-]#[N+]c1cnn(C)c1N=Nc1c(C)n(CCC(=O)Nc2ccc3c(S(=O)(=O)[O-])cc(S(=O)(=O)[O-])cc3c2)c2ccccc12.[Na+].[Na+]. The van der Waals surface area contributed by atoms with Gasteiger partial charge in [0.05, 0.1) is 28.1 Å². The van der Waals surface area contributed by atoms with Crippen LogP contribution >= 0.6 is 0 Å². The van der Waals surface area contributed by atoms with Crippen molar-refractivity contribution in [1.29, 1.82) is 0 Å². The largest absolute Gasteiger partial charge is 1.00 e. The Labute approximate surface area is 302 Å². The molecule has 0 aliphatic carbocycles. The van der Waals surface area contributed by atoms with Crippen molar-refractivity contribution in [3.8, 4) is 0 Å². The Morgan fingerprint density at radius 1 is 1.00 bits per heavy atom.